The highest BCUT2D eigenvalue weighted by molar-refractivity contribution is 6.18. The SMILES string of the molecule is CC1(C)CN(CCCC2CCCO2)CC(CCl)O1. The maximum atomic E-state index is 5.94. The summed E-state index contributed by atoms with van der Waals surface area (Å²) in [5, 5.41) is 0. The fourth-order valence-electron chi connectivity index (χ4n) is 3.08. The number of ether oxygens (including phenoxy) is 2. The summed E-state index contributed by atoms with van der Waals surface area (Å²) in [4.78, 5) is 2.49. The summed E-state index contributed by atoms with van der Waals surface area (Å²) in [5.74, 6) is 0.589. The predicted octanol–water partition coefficient (Wildman–Crippen LogP) is 2.66. The normalized spacial score (nSPS) is 32.8. The van der Waals surface area contributed by atoms with Crippen molar-refractivity contribution in [2.75, 3.05) is 32.1 Å². The first-order chi connectivity index (χ1) is 8.59. The van der Waals surface area contributed by atoms with Gasteiger partial charge in [0.25, 0.3) is 0 Å². The second-order valence-corrected chi connectivity index (χ2v) is 6.47. The summed E-state index contributed by atoms with van der Waals surface area (Å²) in [7, 11) is 0. The quantitative estimate of drug-likeness (QED) is 0.720. The van der Waals surface area contributed by atoms with Crippen LogP contribution in [0.1, 0.15) is 39.5 Å². The van der Waals surface area contributed by atoms with Crippen LogP contribution in [-0.4, -0.2) is 54.8 Å². The van der Waals surface area contributed by atoms with Gasteiger partial charge in [0, 0.05) is 25.6 Å². The van der Waals surface area contributed by atoms with Crippen LogP contribution in [0.25, 0.3) is 0 Å². The van der Waals surface area contributed by atoms with Crippen molar-refractivity contribution in [3.05, 3.63) is 0 Å². The highest BCUT2D eigenvalue weighted by atomic mass is 35.5. The van der Waals surface area contributed by atoms with Gasteiger partial charge in [-0.2, -0.15) is 0 Å². The Bertz CT molecular complexity index is 254. The van der Waals surface area contributed by atoms with Gasteiger partial charge in [0.2, 0.25) is 0 Å². The van der Waals surface area contributed by atoms with Crippen LogP contribution >= 0.6 is 11.6 Å². The summed E-state index contributed by atoms with van der Waals surface area (Å²) in [5.41, 5.74) is -0.0678. The van der Waals surface area contributed by atoms with Crippen molar-refractivity contribution in [2.24, 2.45) is 0 Å². The van der Waals surface area contributed by atoms with E-state index in [1.54, 1.807) is 0 Å². The van der Waals surface area contributed by atoms with Crippen molar-refractivity contribution in [1.29, 1.82) is 0 Å². The first-order valence-electron chi connectivity index (χ1n) is 7.17. The molecule has 2 atom stereocenters. The minimum Gasteiger partial charge on any atom is -0.378 e. The second-order valence-electron chi connectivity index (χ2n) is 6.17. The molecule has 0 bridgehead atoms. The molecule has 2 saturated heterocycles. The van der Waals surface area contributed by atoms with Crippen molar-refractivity contribution >= 4 is 11.6 Å². The van der Waals surface area contributed by atoms with E-state index in [2.05, 4.69) is 18.7 Å². The largest absolute Gasteiger partial charge is 0.378 e. The zero-order chi connectivity index (χ0) is 13.0. The fraction of sp³-hybridized carbons (Fsp3) is 1.00. The Balaban J connectivity index is 1.70. The van der Waals surface area contributed by atoms with E-state index in [0.29, 0.717) is 12.0 Å². The molecule has 2 aliphatic heterocycles. The standard InChI is InChI=1S/C14H26ClNO2/c1-14(2)11-16(10-13(9-15)18-14)7-3-5-12-6-4-8-17-12/h12-13H,3-11H2,1-2H3. The molecule has 0 aromatic rings. The van der Waals surface area contributed by atoms with E-state index < -0.39 is 0 Å². The zero-order valence-corrected chi connectivity index (χ0v) is 12.4. The van der Waals surface area contributed by atoms with Crippen molar-refractivity contribution in [2.45, 2.75) is 57.3 Å². The molecule has 2 rings (SSSR count). The van der Waals surface area contributed by atoms with Gasteiger partial charge in [0.1, 0.15) is 0 Å². The Morgan fingerprint density at radius 3 is 2.83 bits per heavy atom. The molecular weight excluding hydrogens is 250 g/mol. The van der Waals surface area contributed by atoms with Crippen LogP contribution < -0.4 is 0 Å². The molecule has 0 amide bonds. The monoisotopic (exact) mass is 275 g/mol. The van der Waals surface area contributed by atoms with Crippen LogP contribution in [-0.2, 0) is 9.47 Å². The third kappa shape index (κ3) is 4.37. The maximum Gasteiger partial charge on any atom is 0.0844 e. The molecule has 3 nitrogen and oxygen atoms in total. The van der Waals surface area contributed by atoms with E-state index in [4.69, 9.17) is 21.1 Å². The second kappa shape index (κ2) is 6.56. The van der Waals surface area contributed by atoms with Crippen molar-refractivity contribution < 1.29 is 9.47 Å². The van der Waals surface area contributed by atoms with Crippen molar-refractivity contribution in [3.63, 3.8) is 0 Å². The fourth-order valence-corrected chi connectivity index (χ4v) is 3.24. The smallest absolute Gasteiger partial charge is 0.0844 e. The van der Waals surface area contributed by atoms with E-state index in [-0.39, 0.29) is 11.7 Å². The first kappa shape index (κ1) is 14.6. The van der Waals surface area contributed by atoms with Gasteiger partial charge in [0.15, 0.2) is 0 Å². The van der Waals surface area contributed by atoms with Gasteiger partial charge < -0.3 is 9.47 Å². The molecule has 0 spiro atoms. The molecule has 0 radical (unpaired) electrons. The topological polar surface area (TPSA) is 21.7 Å². The molecular formula is C14H26ClNO2. The van der Waals surface area contributed by atoms with Gasteiger partial charge in [-0.15, -0.1) is 11.6 Å². The number of nitrogens with zero attached hydrogens (tertiary/aromatic N) is 1. The Labute approximate surface area is 116 Å². The van der Waals surface area contributed by atoms with E-state index in [0.717, 1.165) is 26.2 Å². The molecule has 0 aromatic heterocycles. The highest BCUT2D eigenvalue weighted by Crippen LogP contribution is 2.23. The lowest BCUT2D eigenvalue weighted by Crippen LogP contribution is -2.53. The first-order valence-corrected chi connectivity index (χ1v) is 7.70. The van der Waals surface area contributed by atoms with Crippen LogP contribution in [0.2, 0.25) is 0 Å². The Kier molecular flexibility index (Phi) is 5.31. The Morgan fingerprint density at radius 2 is 2.17 bits per heavy atom. The van der Waals surface area contributed by atoms with Gasteiger partial charge in [-0.25, -0.2) is 0 Å². The van der Waals surface area contributed by atoms with Crippen LogP contribution in [0.4, 0.5) is 0 Å². The number of rotatable bonds is 5. The van der Waals surface area contributed by atoms with Gasteiger partial charge in [-0.1, -0.05) is 0 Å². The van der Waals surface area contributed by atoms with Gasteiger partial charge in [0.05, 0.1) is 17.8 Å². The summed E-state index contributed by atoms with van der Waals surface area (Å²) >= 11 is 5.94. The van der Waals surface area contributed by atoms with Gasteiger partial charge in [-0.3, -0.25) is 4.90 Å². The van der Waals surface area contributed by atoms with Crippen molar-refractivity contribution in [1.82, 2.24) is 4.90 Å². The molecule has 0 aromatic carbocycles. The lowest BCUT2D eigenvalue weighted by Gasteiger charge is -2.42. The molecule has 4 heteroatoms. The number of halogens is 1. The predicted molar refractivity (Wildman–Crippen MR) is 74.3 cm³/mol. The Morgan fingerprint density at radius 1 is 1.33 bits per heavy atom. The van der Waals surface area contributed by atoms with E-state index in [1.165, 1.54) is 25.7 Å². The van der Waals surface area contributed by atoms with E-state index in [1.807, 2.05) is 0 Å². The molecule has 2 fully saturated rings. The van der Waals surface area contributed by atoms with Crippen LogP contribution in [0, 0.1) is 0 Å². The lowest BCUT2D eigenvalue weighted by atomic mass is 10.0. The zero-order valence-electron chi connectivity index (χ0n) is 11.7. The molecule has 106 valence electrons. The summed E-state index contributed by atoms with van der Waals surface area (Å²) in [6.07, 6.45) is 5.60. The minimum absolute atomic E-state index is 0.0678. The molecule has 2 unspecified atom stereocenters. The third-order valence-corrected chi connectivity index (χ3v) is 4.09. The number of alkyl halides is 1. The maximum absolute atomic E-state index is 5.94. The van der Waals surface area contributed by atoms with Crippen molar-refractivity contribution in [3.8, 4) is 0 Å². The lowest BCUT2D eigenvalue weighted by molar-refractivity contribution is -0.127. The number of morpholine rings is 1. The Hall–Kier alpha value is 0.170. The van der Waals surface area contributed by atoms with Crippen LogP contribution in [0.5, 0.6) is 0 Å². The van der Waals surface area contributed by atoms with Crippen LogP contribution in [0.3, 0.4) is 0 Å². The minimum atomic E-state index is -0.0678. The summed E-state index contributed by atoms with van der Waals surface area (Å²) < 4.78 is 11.6. The number of hydrogen-bond donors (Lipinski definition) is 0. The molecule has 2 heterocycles. The highest BCUT2D eigenvalue weighted by Gasteiger charge is 2.32. The summed E-state index contributed by atoms with van der Waals surface area (Å²) in [6, 6.07) is 0. The molecule has 2 aliphatic rings. The third-order valence-electron chi connectivity index (χ3n) is 3.75. The average molecular weight is 276 g/mol. The molecule has 0 aliphatic carbocycles. The van der Waals surface area contributed by atoms with E-state index in [9.17, 15) is 0 Å². The molecule has 0 N–H and O–H groups in total. The van der Waals surface area contributed by atoms with Crippen LogP contribution in [0.15, 0.2) is 0 Å². The van der Waals surface area contributed by atoms with Gasteiger partial charge >= 0.3 is 0 Å². The van der Waals surface area contributed by atoms with Gasteiger partial charge in [-0.05, 0) is 46.1 Å². The summed E-state index contributed by atoms with van der Waals surface area (Å²) in [6.45, 7) is 8.38. The molecule has 0 saturated carbocycles. The molecule has 18 heavy (non-hydrogen) atoms. The van der Waals surface area contributed by atoms with E-state index >= 15 is 0 Å². The number of hydrogen-bond acceptors (Lipinski definition) is 3. The average Bonchev–Trinajstić information content (AvgIpc) is 2.80.